The lowest BCUT2D eigenvalue weighted by Gasteiger charge is -2.20. The molecule has 116 valence electrons. The van der Waals surface area contributed by atoms with Gasteiger partial charge >= 0.3 is 0 Å². The minimum atomic E-state index is -1.30. The van der Waals surface area contributed by atoms with Gasteiger partial charge < -0.3 is 4.74 Å². The maximum Gasteiger partial charge on any atom is 0.145 e. The zero-order valence-electron chi connectivity index (χ0n) is 12.5. The highest BCUT2D eigenvalue weighted by Crippen LogP contribution is 2.32. The van der Waals surface area contributed by atoms with Crippen molar-refractivity contribution in [2.24, 2.45) is 4.40 Å². The molecule has 1 atom stereocenters. The molecule has 1 aliphatic rings. The quantitative estimate of drug-likeness (QED) is 0.748. The van der Waals surface area contributed by atoms with Crippen LogP contribution in [0.4, 0.5) is 0 Å². The highest BCUT2D eigenvalue weighted by Gasteiger charge is 2.22. The van der Waals surface area contributed by atoms with Crippen LogP contribution in [0.2, 0.25) is 0 Å². The van der Waals surface area contributed by atoms with E-state index in [4.69, 9.17) is 4.74 Å². The van der Waals surface area contributed by atoms with E-state index in [9.17, 15) is 4.21 Å². The summed E-state index contributed by atoms with van der Waals surface area (Å²) in [5, 5.41) is 0. The van der Waals surface area contributed by atoms with Crippen LogP contribution in [0.1, 0.15) is 32.2 Å². The number of hydrogen-bond donors (Lipinski definition) is 0. The van der Waals surface area contributed by atoms with Crippen molar-refractivity contribution >= 4 is 33.1 Å². The number of imidazole rings is 1. The first kappa shape index (κ1) is 15.4. The Morgan fingerprint density at radius 3 is 2.95 bits per heavy atom. The van der Waals surface area contributed by atoms with Crippen molar-refractivity contribution in [1.82, 2.24) is 9.55 Å². The molecule has 0 radical (unpaired) electrons. The first-order chi connectivity index (χ1) is 10.4. The van der Waals surface area contributed by atoms with Crippen LogP contribution in [0.15, 0.2) is 33.4 Å². The van der Waals surface area contributed by atoms with Gasteiger partial charge in [-0.2, -0.15) is 4.40 Å². The molecule has 3 rings (SSSR count). The first-order valence-electron chi connectivity index (χ1n) is 6.81. The Kier molecular flexibility index (Phi) is 3.94. The van der Waals surface area contributed by atoms with E-state index in [1.54, 1.807) is 12.5 Å². The highest BCUT2D eigenvalue weighted by atomic mass is 79.9. The van der Waals surface area contributed by atoms with E-state index < -0.39 is 11.0 Å². The van der Waals surface area contributed by atoms with Gasteiger partial charge in [0.2, 0.25) is 0 Å². The molecule has 0 aliphatic carbocycles. The second-order valence-electron chi connectivity index (χ2n) is 5.94. The molecule has 2 heterocycles. The third-order valence-electron chi connectivity index (χ3n) is 3.24. The highest BCUT2D eigenvalue weighted by molar-refractivity contribution is 9.10. The van der Waals surface area contributed by atoms with Crippen LogP contribution in [-0.4, -0.2) is 24.7 Å². The number of halogens is 1. The molecular formula is C15H16BrN3O2S. The summed E-state index contributed by atoms with van der Waals surface area (Å²) in [5.74, 6) is 0.807. The minimum absolute atomic E-state index is 0.383. The molecule has 0 amide bonds. The molecule has 2 aromatic rings. The number of rotatable bonds is 2. The Balaban J connectivity index is 1.95. The summed E-state index contributed by atoms with van der Waals surface area (Å²) in [6, 6.07) is 5.86. The lowest BCUT2D eigenvalue weighted by molar-refractivity contribution is 0.285. The van der Waals surface area contributed by atoms with Gasteiger partial charge in [0, 0.05) is 4.47 Å². The van der Waals surface area contributed by atoms with Crippen LogP contribution < -0.4 is 4.74 Å². The second kappa shape index (κ2) is 5.62. The predicted octanol–water partition coefficient (Wildman–Crippen LogP) is 3.41. The SMILES string of the molecule is CC(C)(C)[S@](=O)/N=C/c1ncn2c1COc1cc(Br)ccc1-2. The zero-order chi connectivity index (χ0) is 15.9. The van der Waals surface area contributed by atoms with Crippen LogP contribution in [0.5, 0.6) is 5.75 Å². The van der Waals surface area contributed by atoms with Crippen LogP contribution in [0.3, 0.4) is 0 Å². The fourth-order valence-corrected chi connectivity index (χ4v) is 2.90. The van der Waals surface area contributed by atoms with Crippen molar-refractivity contribution in [2.45, 2.75) is 32.1 Å². The van der Waals surface area contributed by atoms with Gasteiger partial charge in [-0.25, -0.2) is 9.19 Å². The van der Waals surface area contributed by atoms with Crippen LogP contribution in [0.25, 0.3) is 5.69 Å². The van der Waals surface area contributed by atoms with Gasteiger partial charge in [0.15, 0.2) is 0 Å². The van der Waals surface area contributed by atoms with Crippen LogP contribution >= 0.6 is 15.9 Å². The molecule has 7 heteroatoms. The van der Waals surface area contributed by atoms with E-state index in [0.717, 1.165) is 21.6 Å². The van der Waals surface area contributed by atoms with Crippen molar-refractivity contribution in [2.75, 3.05) is 0 Å². The second-order valence-corrected chi connectivity index (χ2v) is 8.79. The summed E-state index contributed by atoms with van der Waals surface area (Å²) in [6.45, 7) is 6.08. The average Bonchev–Trinajstić information content (AvgIpc) is 2.86. The molecule has 0 saturated carbocycles. The molecule has 0 N–H and O–H groups in total. The van der Waals surface area contributed by atoms with Gasteiger partial charge in [-0.3, -0.25) is 4.57 Å². The van der Waals surface area contributed by atoms with Crippen LogP contribution in [0, 0.1) is 0 Å². The van der Waals surface area contributed by atoms with E-state index in [-0.39, 0.29) is 4.75 Å². The standard InChI is InChI=1S/C15H16BrN3O2S/c1-15(2,3)22(20)18-7-11-13-8-21-14-6-10(16)4-5-12(14)19(13)9-17-11/h4-7,9H,8H2,1-3H3/b18-7+/t22-/m0/s1. The first-order valence-corrected chi connectivity index (χ1v) is 8.71. The number of fused-ring (bicyclic) bond motifs is 3. The Hall–Kier alpha value is -1.47. The maximum atomic E-state index is 12.0. The monoisotopic (exact) mass is 381 g/mol. The molecule has 0 unspecified atom stereocenters. The molecule has 0 fully saturated rings. The molecule has 0 bridgehead atoms. The fraction of sp³-hybridized carbons (Fsp3) is 0.333. The molecule has 1 aromatic carbocycles. The van der Waals surface area contributed by atoms with E-state index in [1.807, 2.05) is 43.5 Å². The number of nitrogens with zero attached hydrogens (tertiary/aromatic N) is 3. The van der Waals surface area contributed by atoms with E-state index >= 15 is 0 Å². The molecule has 5 nitrogen and oxygen atoms in total. The third kappa shape index (κ3) is 2.87. The number of hydrogen-bond acceptors (Lipinski definition) is 3. The lowest BCUT2D eigenvalue weighted by Crippen LogP contribution is -2.20. The fourth-order valence-electron chi connectivity index (χ4n) is 2.05. The smallest absolute Gasteiger partial charge is 0.145 e. The minimum Gasteiger partial charge on any atom is -0.485 e. The van der Waals surface area contributed by atoms with Crippen molar-refractivity contribution < 1.29 is 8.95 Å². The van der Waals surface area contributed by atoms with Gasteiger partial charge in [0.1, 0.15) is 35.4 Å². The molecule has 1 aliphatic heterocycles. The van der Waals surface area contributed by atoms with Gasteiger partial charge in [0.05, 0.1) is 22.3 Å². The maximum absolute atomic E-state index is 12.0. The molecular weight excluding hydrogens is 366 g/mol. The molecule has 22 heavy (non-hydrogen) atoms. The van der Waals surface area contributed by atoms with Crippen molar-refractivity contribution in [3.05, 3.63) is 40.4 Å². The normalized spacial score (nSPS) is 15.3. The summed E-state index contributed by atoms with van der Waals surface area (Å²) in [5.41, 5.74) is 2.53. The topological polar surface area (TPSA) is 56.5 Å². The van der Waals surface area contributed by atoms with Gasteiger partial charge in [-0.15, -0.1) is 0 Å². The summed E-state index contributed by atoms with van der Waals surface area (Å²) >= 11 is 3.44. The number of benzene rings is 1. The number of aromatic nitrogens is 2. The zero-order valence-corrected chi connectivity index (χ0v) is 14.9. The Labute approximate surface area is 140 Å². The lowest BCUT2D eigenvalue weighted by atomic mass is 10.2. The van der Waals surface area contributed by atoms with Gasteiger partial charge in [-0.05, 0) is 39.0 Å². The van der Waals surface area contributed by atoms with Crippen molar-refractivity contribution in [3.8, 4) is 11.4 Å². The Morgan fingerprint density at radius 2 is 2.23 bits per heavy atom. The van der Waals surface area contributed by atoms with E-state index in [0.29, 0.717) is 12.3 Å². The summed E-state index contributed by atoms with van der Waals surface area (Å²) in [4.78, 5) is 4.36. The van der Waals surface area contributed by atoms with E-state index in [2.05, 4.69) is 25.3 Å². The Morgan fingerprint density at radius 1 is 1.45 bits per heavy atom. The number of ether oxygens (including phenoxy) is 1. The van der Waals surface area contributed by atoms with Gasteiger partial charge in [-0.1, -0.05) is 15.9 Å². The van der Waals surface area contributed by atoms with E-state index in [1.165, 1.54) is 0 Å². The largest absolute Gasteiger partial charge is 0.485 e. The average molecular weight is 382 g/mol. The van der Waals surface area contributed by atoms with Crippen molar-refractivity contribution in [3.63, 3.8) is 0 Å². The summed E-state index contributed by atoms with van der Waals surface area (Å²) in [7, 11) is -1.30. The third-order valence-corrected chi connectivity index (χ3v) is 5.08. The van der Waals surface area contributed by atoms with Crippen LogP contribution in [-0.2, 0) is 17.6 Å². The Bertz CT molecular complexity index is 778. The predicted molar refractivity (Wildman–Crippen MR) is 91.1 cm³/mol. The van der Waals surface area contributed by atoms with Gasteiger partial charge in [0.25, 0.3) is 0 Å². The summed E-state index contributed by atoms with van der Waals surface area (Å²) < 4.78 is 24.5. The van der Waals surface area contributed by atoms with Crippen molar-refractivity contribution in [1.29, 1.82) is 0 Å². The summed E-state index contributed by atoms with van der Waals surface area (Å²) in [6.07, 6.45) is 3.31. The molecule has 1 aromatic heterocycles. The molecule has 0 saturated heterocycles. The molecule has 0 spiro atoms.